The maximum absolute atomic E-state index is 11.4. The van der Waals surface area contributed by atoms with Crippen LogP contribution in [0.15, 0.2) is 30.3 Å². The van der Waals surface area contributed by atoms with Crippen LogP contribution in [0.1, 0.15) is 31.9 Å². The maximum Gasteiger partial charge on any atom is 0.237 e. The molecule has 0 saturated carbocycles. The minimum absolute atomic E-state index is 0.0599. The van der Waals surface area contributed by atoms with Crippen LogP contribution >= 0.6 is 0 Å². The Bertz CT molecular complexity index is 309. The van der Waals surface area contributed by atoms with Gasteiger partial charge in [-0.15, -0.1) is 0 Å². The number of hydrogen-bond donors (Lipinski definition) is 2. The highest BCUT2D eigenvalue weighted by molar-refractivity contribution is 5.81. The molecule has 15 heavy (non-hydrogen) atoms. The van der Waals surface area contributed by atoms with Crippen LogP contribution in [0.25, 0.3) is 0 Å². The van der Waals surface area contributed by atoms with Crippen LogP contribution in [0.2, 0.25) is 0 Å². The molecule has 1 rings (SSSR count). The fourth-order valence-corrected chi connectivity index (χ4v) is 1.41. The molecule has 1 amide bonds. The van der Waals surface area contributed by atoms with E-state index in [-0.39, 0.29) is 11.9 Å². The summed E-state index contributed by atoms with van der Waals surface area (Å²) in [6.45, 7) is 3.73. The van der Waals surface area contributed by atoms with Gasteiger partial charge in [-0.3, -0.25) is 4.79 Å². The van der Waals surface area contributed by atoms with Gasteiger partial charge in [0.05, 0.1) is 12.1 Å². The van der Waals surface area contributed by atoms with Gasteiger partial charge in [0.25, 0.3) is 0 Å². The zero-order chi connectivity index (χ0) is 11.3. The van der Waals surface area contributed by atoms with Crippen molar-refractivity contribution in [3.05, 3.63) is 35.9 Å². The molecule has 1 aromatic carbocycles. The van der Waals surface area contributed by atoms with Gasteiger partial charge < -0.3 is 11.1 Å². The molecule has 0 fully saturated rings. The molecule has 3 heteroatoms. The third-order valence-electron chi connectivity index (χ3n) is 2.34. The van der Waals surface area contributed by atoms with Gasteiger partial charge in [0.1, 0.15) is 0 Å². The summed E-state index contributed by atoms with van der Waals surface area (Å²) in [5.41, 5.74) is 6.62. The molecule has 0 aliphatic rings. The van der Waals surface area contributed by atoms with Gasteiger partial charge in [-0.2, -0.15) is 0 Å². The second-order valence-electron chi connectivity index (χ2n) is 3.67. The number of carbonyl (C=O) groups is 1. The molecule has 3 N–H and O–H groups in total. The summed E-state index contributed by atoms with van der Waals surface area (Å²) in [6.07, 6.45) is 0.864. The summed E-state index contributed by atoms with van der Waals surface area (Å²) in [5.74, 6) is -0.106. The molecule has 0 radical (unpaired) electrons. The van der Waals surface area contributed by atoms with Crippen molar-refractivity contribution in [3.63, 3.8) is 0 Å². The normalized spacial score (nSPS) is 14.3. The summed E-state index contributed by atoms with van der Waals surface area (Å²) in [4.78, 5) is 11.4. The van der Waals surface area contributed by atoms with Gasteiger partial charge in [0.2, 0.25) is 5.91 Å². The van der Waals surface area contributed by atoms with E-state index in [0.29, 0.717) is 0 Å². The van der Waals surface area contributed by atoms with Crippen LogP contribution in [-0.2, 0) is 4.79 Å². The van der Waals surface area contributed by atoms with Crippen LogP contribution in [0.3, 0.4) is 0 Å². The van der Waals surface area contributed by atoms with Crippen molar-refractivity contribution in [1.29, 1.82) is 0 Å². The minimum atomic E-state index is -0.456. The number of nitrogens with one attached hydrogen (secondary N) is 1. The Kier molecular flexibility index (Phi) is 4.31. The number of nitrogens with two attached hydrogens (primary N) is 1. The molecule has 3 nitrogen and oxygen atoms in total. The third kappa shape index (κ3) is 3.36. The van der Waals surface area contributed by atoms with E-state index in [9.17, 15) is 4.79 Å². The Balaban J connectivity index is 2.69. The van der Waals surface area contributed by atoms with Gasteiger partial charge in [-0.25, -0.2) is 0 Å². The topological polar surface area (TPSA) is 55.1 Å². The Labute approximate surface area is 90.7 Å². The van der Waals surface area contributed by atoms with E-state index < -0.39 is 6.04 Å². The second-order valence-corrected chi connectivity index (χ2v) is 3.67. The summed E-state index contributed by atoms with van der Waals surface area (Å²) in [6, 6.07) is 9.52. The fourth-order valence-electron chi connectivity index (χ4n) is 1.41. The zero-order valence-corrected chi connectivity index (χ0v) is 9.23. The maximum atomic E-state index is 11.4. The summed E-state index contributed by atoms with van der Waals surface area (Å²) in [7, 11) is 0. The highest BCUT2D eigenvalue weighted by Crippen LogP contribution is 2.15. The lowest BCUT2D eigenvalue weighted by Gasteiger charge is -2.18. The number of rotatable bonds is 4. The molecule has 0 aromatic heterocycles. The zero-order valence-electron chi connectivity index (χ0n) is 9.23. The van der Waals surface area contributed by atoms with E-state index in [1.54, 1.807) is 6.92 Å². The van der Waals surface area contributed by atoms with Crippen molar-refractivity contribution in [1.82, 2.24) is 5.32 Å². The minimum Gasteiger partial charge on any atom is -0.348 e. The van der Waals surface area contributed by atoms with E-state index in [1.807, 2.05) is 37.3 Å². The fraction of sp³-hybridized carbons (Fsp3) is 0.417. The first-order valence-electron chi connectivity index (χ1n) is 5.26. The summed E-state index contributed by atoms with van der Waals surface area (Å²) in [5, 5.41) is 2.92. The Morgan fingerprint density at radius 3 is 2.47 bits per heavy atom. The van der Waals surface area contributed by atoms with Crippen molar-refractivity contribution in [2.75, 3.05) is 0 Å². The van der Waals surface area contributed by atoms with Crippen molar-refractivity contribution >= 4 is 5.91 Å². The Morgan fingerprint density at radius 1 is 1.40 bits per heavy atom. The molecule has 0 aliphatic carbocycles. The molecule has 0 aliphatic heterocycles. The molecular weight excluding hydrogens is 188 g/mol. The van der Waals surface area contributed by atoms with Crippen LogP contribution in [-0.4, -0.2) is 11.9 Å². The average molecular weight is 206 g/mol. The number of hydrogen-bond acceptors (Lipinski definition) is 2. The molecule has 2 atom stereocenters. The van der Waals surface area contributed by atoms with E-state index in [2.05, 4.69) is 5.32 Å². The number of amides is 1. The number of benzene rings is 1. The average Bonchev–Trinajstić information content (AvgIpc) is 2.26. The first-order chi connectivity index (χ1) is 7.15. The summed E-state index contributed by atoms with van der Waals surface area (Å²) >= 11 is 0. The predicted molar refractivity (Wildman–Crippen MR) is 61.3 cm³/mol. The Hall–Kier alpha value is -1.35. The van der Waals surface area contributed by atoms with Crippen LogP contribution < -0.4 is 11.1 Å². The van der Waals surface area contributed by atoms with E-state index in [0.717, 1.165) is 12.0 Å². The molecule has 0 bridgehead atoms. The molecule has 82 valence electrons. The first kappa shape index (κ1) is 11.7. The SMILES string of the molecule is CCC(NC(=O)C(C)N)c1ccccc1. The lowest BCUT2D eigenvalue weighted by molar-refractivity contribution is -0.122. The monoisotopic (exact) mass is 206 g/mol. The van der Waals surface area contributed by atoms with Crippen LogP contribution in [0, 0.1) is 0 Å². The van der Waals surface area contributed by atoms with Gasteiger partial charge in [0, 0.05) is 0 Å². The van der Waals surface area contributed by atoms with Crippen LogP contribution in [0.4, 0.5) is 0 Å². The standard InChI is InChI=1S/C12H18N2O/c1-3-11(14-12(15)9(2)13)10-7-5-4-6-8-10/h4-9,11H,3,13H2,1-2H3,(H,14,15). The van der Waals surface area contributed by atoms with E-state index >= 15 is 0 Å². The second kappa shape index (κ2) is 5.51. The molecular formula is C12H18N2O. The van der Waals surface area contributed by atoms with Gasteiger partial charge in [-0.05, 0) is 18.9 Å². The quantitative estimate of drug-likeness (QED) is 0.786. The highest BCUT2D eigenvalue weighted by atomic mass is 16.2. The highest BCUT2D eigenvalue weighted by Gasteiger charge is 2.14. The molecule has 0 heterocycles. The number of carbonyl (C=O) groups excluding carboxylic acids is 1. The van der Waals surface area contributed by atoms with Crippen molar-refractivity contribution in [2.45, 2.75) is 32.4 Å². The van der Waals surface area contributed by atoms with Gasteiger partial charge in [-0.1, -0.05) is 37.3 Å². The lowest BCUT2D eigenvalue weighted by Crippen LogP contribution is -2.40. The van der Waals surface area contributed by atoms with Gasteiger partial charge in [0.15, 0.2) is 0 Å². The van der Waals surface area contributed by atoms with E-state index in [1.165, 1.54) is 0 Å². The predicted octanol–water partition coefficient (Wildman–Crippen LogP) is 1.60. The lowest BCUT2D eigenvalue weighted by atomic mass is 10.0. The van der Waals surface area contributed by atoms with Gasteiger partial charge >= 0.3 is 0 Å². The van der Waals surface area contributed by atoms with Crippen molar-refractivity contribution in [3.8, 4) is 0 Å². The smallest absolute Gasteiger partial charge is 0.237 e. The van der Waals surface area contributed by atoms with Crippen molar-refractivity contribution < 1.29 is 4.79 Å². The van der Waals surface area contributed by atoms with Crippen molar-refractivity contribution in [2.24, 2.45) is 5.73 Å². The van der Waals surface area contributed by atoms with E-state index in [4.69, 9.17) is 5.73 Å². The van der Waals surface area contributed by atoms with Crippen LogP contribution in [0.5, 0.6) is 0 Å². The molecule has 0 spiro atoms. The largest absolute Gasteiger partial charge is 0.348 e. The summed E-state index contributed by atoms with van der Waals surface area (Å²) < 4.78 is 0. The third-order valence-corrected chi connectivity index (χ3v) is 2.34. The molecule has 1 aromatic rings. The molecule has 2 unspecified atom stereocenters. The Morgan fingerprint density at radius 2 is 2.00 bits per heavy atom. The first-order valence-corrected chi connectivity index (χ1v) is 5.26. The molecule has 0 saturated heterocycles.